The van der Waals surface area contributed by atoms with Gasteiger partial charge in [-0.3, -0.25) is 9.59 Å². The van der Waals surface area contributed by atoms with Crippen molar-refractivity contribution in [3.8, 4) is 0 Å². The van der Waals surface area contributed by atoms with Gasteiger partial charge in [0.1, 0.15) is 0 Å². The van der Waals surface area contributed by atoms with Crippen molar-refractivity contribution in [2.75, 3.05) is 0 Å². The van der Waals surface area contributed by atoms with E-state index in [1.165, 1.54) is 6.92 Å². The first-order valence-electron chi connectivity index (χ1n) is 4.65. The predicted molar refractivity (Wildman–Crippen MR) is 56.4 cm³/mol. The summed E-state index contributed by atoms with van der Waals surface area (Å²) in [6.45, 7) is 7.57. The molecular formula is C11H12O6. The Morgan fingerprint density at radius 2 is 1.53 bits per heavy atom. The summed E-state index contributed by atoms with van der Waals surface area (Å²) in [5, 5.41) is 0. The summed E-state index contributed by atoms with van der Waals surface area (Å²) in [5.41, 5.74) is 0. The van der Waals surface area contributed by atoms with E-state index in [0.717, 1.165) is 12.2 Å². The summed E-state index contributed by atoms with van der Waals surface area (Å²) < 4.78 is 8.53. The standard InChI is InChI=1S/C11H12O6/c1-4-8(12)16-10(14)6-7(3)11(15)17-9(13)5-2/h4-5,7H,1-2,6H2,3H3. The Hall–Kier alpha value is -2.24. The van der Waals surface area contributed by atoms with Crippen molar-refractivity contribution in [3.63, 3.8) is 0 Å². The third-order valence-corrected chi connectivity index (χ3v) is 1.62. The number of esters is 4. The van der Waals surface area contributed by atoms with Gasteiger partial charge < -0.3 is 9.47 Å². The Bertz CT molecular complexity index is 368. The molecule has 0 rings (SSSR count). The molecule has 0 aliphatic carbocycles. The minimum Gasteiger partial charge on any atom is -0.390 e. The molecule has 0 bridgehead atoms. The molecule has 0 spiro atoms. The van der Waals surface area contributed by atoms with Gasteiger partial charge in [-0.15, -0.1) is 0 Å². The van der Waals surface area contributed by atoms with Crippen molar-refractivity contribution in [1.82, 2.24) is 0 Å². The highest BCUT2D eigenvalue weighted by molar-refractivity contribution is 5.95. The third-order valence-electron chi connectivity index (χ3n) is 1.62. The van der Waals surface area contributed by atoms with Crippen molar-refractivity contribution < 1.29 is 28.7 Å². The Balaban J connectivity index is 4.20. The van der Waals surface area contributed by atoms with E-state index < -0.39 is 29.8 Å². The highest BCUT2D eigenvalue weighted by Crippen LogP contribution is 2.06. The molecule has 1 unspecified atom stereocenters. The van der Waals surface area contributed by atoms with Crippen molar-refractivity contribution in [2.45, 2.75) is 13.3 Å². The maximum Gasteiger partial charge on any atom is 0.337 e. The van der Waals surface area contributed by atoms with Crippen molar-refractivity contribution in [3.05, 3.63) is 25.3 Å². The van der Waals surface area contributed by atoms with Crippen LogP contribution in [-0.4, -0.2) is 23.9 Å². The van der Waals surface area contributed by atoms with Crippen LogP contribution in [0.15, 0.2) is 25.3 Å². The van der Waals surface area contributed by atoms with Crippen LogP contribution in [0.3, 0.4) is 0 Å². The number of ether oxygens (including phenoxy) is 2. The topological polar surface area (TPSA) is 86.7 Å². The van der Waals surface area contributed by atoms with E-state index in [-0.39, 0.29) is 6.42 Å². The van der Waals surface area contributed by atoms with Gasteiger partial charge in [0, 0.05) is 12.2 Å². The van der Waals surface area contributed by atoms with Crippen molar-refractivity contribution in [1.29, 1.82) is 0 Å². The second-order valence-electron chi connectivity index (χ2n) is 3.05. The molecule has 0 amide bonds. The number of hydrogen-bond donors (Lipinski definition) is 0. The molecule has 0 aliphatic heterocycles. The average Bonchev–Trinajstić information content (AvgIpc) is 2.28. The summed E-state index contributed by atoms with van der Waals surface area (Å²) in [4.78, 5) is 43.6. The minimum absolute atomic E-state index is 0.372. The highest BCUT2D eigenvalue weighted by atomic mass is 16.6. The molecule has 0 heterocycles. The maximum absolute atomic E-state index is 11.2. The zero-order valence-electron chi connectivity index (χ0n) is 9.30. The van der Waals surface area contributed by atoms with Crippen LogP contribution in [0.5, 0.6) is 0 Å². The van der Waals surface area contributed by atoms with Crippen LogP contribution in [0.1, 0.15) is 13.3 Å². The minimum atomic E-state index is -0.905. The highest BCUT2D eigenvalue weighted by Gasteiger charge is 2.22. The van der Waals surface area contributed by atoms with Gasteiger partial charge in [-0.25, -0.2) is 9.59 Å². The van der Waals surface area contributed by atoms with E-state index in [2.05, 4.69) is 22.6 Å². The van der Waals surface area contributed by atoms with Crippen LogP contribution in [0.25, 0.3) is 0 Å². The van der Waals surface area contributed by atoms with Gasteiger partial charge in [-0.1, -0.05) is 20.1 Å². The Kier molecular flexibility index (Phi) is 6.17. The molecule has 0 radical (unpaired) electrons. The van der Waals surface area contributed by atoms with Gasteiger partial charge >= 0.3 is 23.9 Å². The van der Waals surface area contributed by atoms with Crippen molar-refractivity contribution >= 4 is 23.9 Å². The summed E-state index contributed by atoms with van der Waals surface area (Å²) in [6.07, 6.45) is 1.27. The molecule has 92 valence electrons. The SMILES string of the molecule is C=CC(=O)OC(=O)CC(C)C(=O)OC(=O)C=C. The van der Waals surface area contributed by atoms with Gasteiger partial charge in [-0.05, 0) is 0 Å². The molecule has 0 saturated heterocycles. The summed E-state index contributed by atoms with van der Waals surface area (Å²) >= 11 is 0. The lowest BCUT2D eigenvalue weighted by molar-refractivity contribution is -0.164. The Morgan fingerprint density at radius 3 is 2.00 bits per heavy atom. The predicted octanol–water partition coefficient (Wildman–Crippen LogP) is 0.524. The fourth-order valence-electron chi connectivity index (χ4n) is 0.770. The average molecular weight is 240 g/mol. The normalized spacial score (nSPS) is 10.9. The van der Waals surface area contributed by atoms with E-state index in [1.807, 2.05) is 0 Å². The number of carbonyl (C=O) groups excluding carboxylic acids is 4. The van der Waals surface area contributed by atoms with Gasteiger partial charge in [0.05, 0.1) is 12.3 Å². The molecule has 0 fully saturated rings. The van der Waals surface area contributed by atoms with Crippen LogP contribution in [0, 0.1) is 5.92 Å². The van der Waals surface area contributed by atoms with Crippen LogP contribution in [0.2, 0.25) is 0 Å². The Morgan fingerprint density at radius 1 is 1.06 bits per heavy atom. The van der Waals surface area contributed by atoms with E-state index in [4.69, 9.17) is 0 Å². The summed E-state index contributed by atoms with van der Waals surface area (Å²) in [7, 11) is 0. The zero-order valence-corrected chi connectivity index (χ0v) is 9.30. The van der Waals surface area contributed by atoms with E-state index >= 15 is 0 Å². The molecule has 0 N–H and O–H groups in total. The van der Waals surface area contributed by atoms with Crippen LogP contribution < -0.4 is 0 Å². The quantitative estimate of drug-likeness (QED) is 0.395. The molecule has 0 aromatic heterocycles. The number of hydrogen-bond acceptors (Lipinski definition) is 6. The number of rotatable bonds is 5. The number of carbonyl (C=O) groups is 4. The first-order chi connectivity index (χ1) is 7.90. The lowest BCUT2D eigenvalue weighted by Gasteiger charge is -2.07. The zero-order chi connectivity index (χ0) is 13.4. The second kappa shape index (κ2) is 7.10. The summed E-state index contributed by atoms with van der Waals surface area (Å²) in [6, 6.07) is 0. The van der Waals surface area contributed by atoms with E-state index in [9.17, 15) is 19.2 Å². The molecule has 0 aromatic rings. The lowest BCUT2D eigenvalue weighted by Crippen LogP contribution is -2.22. The molecule has 0 aromatic carbocycles. The van der Waals surface area contributed by atoms with Crippen LogP contribution in [-0.2, 0) is 28.7 Å². The first-order valence-corrected chi connectivity index (χ1v) is 4.65. The van der Waals surface area contributed by atoms with Gasteiger partial charge in [0.2, 0.25) is 0 Å². The first kappa shape index (κ1) is 14.8. The smallest absolute Gasteiger partial charge is 0.337 e. The molecule has 0 aliphatic rings. The Labute approximate surface area is 97.9 Å². The lowest BCUT2D eigenvalue weighted by atomic mass is 10.1. The van der Waals surface area contributed by atoms with Gasteiger partial charge in [0.15, 0.2) is 0 Å². The monoisotopic (exact) mass is 240 g/mol. The summed E-state index contributed by atoms with van der Waals surface area (Å²) in [5.74, 6) is -4.50. The van der Waals surface area contributed by atoms with Crippen LogP contribution >= 0.6 is 0 Å². The molecule has 1 atom stereocenters. The van der Waals surface area contributed by atoms with Crippen LogP contribution in [0.4, 0.5) is 0 Å². The van der Waals surface area contributed by atoms with E-state index in [0.29, 0.717) is 0 Å². The van der Waals surface area contributed by atoms with Gasteiger partial charge in [0.25, 0.3) is 0 Å². The molecule has 17 heavy (non-hydrogen) atoms. The van der Waals surface area contributed by atoms with E-state index in [1.54, 1.807) is 0 Å². The fraction of sp³-hybridized carbons (Fsp3) is 0.273. The molecule has 0 saturated carbocycles. The largest absolute Gasteiger partial charge is 0.390 e. The van der Waals surface area contributed by atoms with Crippen molar-refractivity contribution in [2.24, 2.45) is 5.92 Å². The molecule has 6 nitrogen and oxygen atoms in total. The third kappa shape index (κ3) is 6.03. The fourth-order valence-corrected chi connectivity index (χ4v) is 0.770. The second-order valence-corrected chi connectivity index (χ2v) is 3.05. The van der Waals surface area contributed by atoms with Gasteiger partial charge in [-0.2, -0.15) is 0 Å². The molecular weight excluding hydrogens is 228 g/mol. The molecule has 6 heteroatoms. The maximum atomic E-state index is 11.2.